The fraction of sp³-hybridized carbons (Fsp3) is 0.250. The summed E-state index contributed by atoms with van der Waals surface area (Å²) in [5.74, 6) is -3.06. The van der Waals surface area contributed by atoms with Crippen LogP contribution in [-0.2, 0) is 9.73 Å². The van der Waals surface area contributed by atoms with Crippen LogP contribution in [0.15, 0.2) is 35.2 Å². The van der Waals surface area contributed by atoms with E-state index >= 15 is 0 Å². The van der Waals surface area contributed by atoms with Gasteiger partial charge in [-0.15, -0.1) is 0 Å². The standard InChI is InChI=1S/C16H12F5NO3S/c1-16(21)14(23)13-11(26(16,22)24)3-2-10(12(13)15(19)20)25-9-5-7(17)4-8(18)6-9/h2-6,14-15,22-23H,1H3. The van der Waals surface area contributed by atoms with Crippen molar-refractivity contribution in [3.05, 3.63) is 53.1 Å². The van der Waals surface area contributed by atoms with E-state index in [1.54, 1.807) is 0 Å². The molecular weight excluding hydrogens is 381 g/mol. The van der Waals surface area contributed by atoms with Gasteiger partial charge in [-0.1, -0.05) is 0 Å². The van der Waals surface area contributed by atoms with Gasteiger partial charge < -0.3 is 9.84 Å². The van der Waals surface area contributed by atoms with Crippen molar-refractivity contribution in [3.63, 3.8) is 0 Å². The van der Waals surface area contributed by atoms with Gasteiger partial charge in [-0.05, 0) is 19.1 Å². The summed E-state index contributed by atoms with van der Waals surface area (Å²) >= 11 is 0. The van der Waals surface area contributed by atoms with Gasteiger partial charge >= 0.3 is 0 Å². The third-order valence-corrected chi connectivity index (χ3v) is 6.45. The van der Waals surface area contributed by atoms with Gasteiger partial charge in [-0.25, -0.2) is 30.9 Å². The maximum Gasteiger partial charge on any atom is 0.267 e. The van der Waals surface area contributed by atoms with Crippen LogP contribution in [0.1, 0.15) is 30.6 Å². The third kappa shape index (κ3) is 2.64. The highest BCUT2D eigenvalue weighted by Crippen LogP contribution is 2.53. The molecule has 0 radical (unpaired) electrons. The van der Waals surface area contributed by atoms with Crippen LogP contribution in [0, 0.1) is 16.4 Å². The van der Waals surface area contributed by atoms with Crippen LogP contribution in [0.3, 0.4) is 0 Å². The van der Waals surface area contributed by atoms with Crippen molar-refractivity contribution in [1.29, 1.82) is 4.78 Å². The summed E-state index contributed by atoms with van der Waals surface area (Å²) in [5, 5.41) is 7.09. The first-order chi connectivity index (χ1) is 12.0. The number of alkyl halides is 3. The highest BCUT2D eigenvalue weighted by molar-refractivity contribution is 7.94. The fourth-order valence-electron chi connectivity index (χ4n) is 2.79. The molecular formula is C16H12F5NO3S. The summed E-state index contributed by atoms with van der Waals surface area (Å²) in [4.78, 5) is -0.567. The predicted molar refractivity (Wildman–Crippen MR) is 81.4 cm³/mol. The maximum absolute atomic E-state index is 14.6. The molecule has 2 aromatic rings. The zero-order valence-corrected chi connectivity index (χ0v) is 13.9. The molecule has 0 bridgehead atoms. The molecule has 1 aliphatic heterocycles. The second kappa shape index (κ2) is 5.92. The van der Waals surface area contributed by atoms with Crippen molar-refractivity contribution in [1.82, 2.24) is 0 Å². The first-order valence-electron chi connectivity index (χ1n) is 7.21. The molecule has 140 valence electrons. The summed E-state index contributed by atoms with van der Waals surface area (Å²) in [6.45, 7) is 0.685. The van der Waals surface area contributed by atoms with Crippen molar-refractivity contribution >= 4 is 9.73 Å². The minimum atomic E-state index is -4.22. The zero-order chi connectivity index (χ0) is 19.4. The number of rotatable bonds is 3. The molecule has 0 saturated carbocycles. The lowest BCUT2D eigenvalue weighted by Gasteiger charge is -2.20. The van der Waals surface area contributed by atoms with Gasteiger partial charge in [0, 0.05) is 23.8 Å². The number of fused-ring (bicyclic) bond motifs is 1. The molecule has 2 aromatic carbocycles. The minimum absolute atomic E-state index is 0.438. The third-order valence-electron chi connectivity index (χ3n) is 4.12. The Morgan fingerprint density at radius 1 is 1.23 bits per heavy atom. The number of hydrogen-bond acceptors (Lipinski definition) is 4. The van der Waals surface area contributed by atoms with E-state index < -0.39 is 66.4 Å². The topological polar surface area (TPSA) is 70.4 Å². The summed E-state index contributed by atoms with van der Waals surface area (Å²) < 4.78 is 93.4. The summed E-state index contributed by atoms with van der Waals surface area (Å²) in [7, 11) is -4.22. The average molecular weight is 393 g/mol. The van der Waals surface area contributed by atoms with Gasteiger partial charge in [-0.3, -0.25) is 0 Å². The molecule has 10 heteroatoms. The van der Waals surface area contributed by atoms with E-state index in [1.165, 1.54) is 0 Å². The highest BCUT2D eigenvalue weighted by atomic mass is 32.2. The Hall–Kier alpha value is -2.20. The molecule has 3 unspecified atom stereocenters. The van der Waals surface area contributed by atoms with Crippen LogP contribution < -0.4 is 4.74 Å². The summed E-state index contributed by atoms with van der Waals surface area (Å²) in [6, 6.07) is 3.86. The lowest BCUT2D eigenvalue weighted by atomic mass is 9.99. The van der Waals surface area contributed by atoms with Gasteiger partial charge in [0.25, 0.3) is 6.43 Å². The number of nitrogens with one attached hydrogen (secondary N) is 1. The second-order valence-electron chi connectivity index (χ2n) is 5.84. The molecule has 0 saturated heterocycles. The maximum atomic E-state index is 14.6. The van der Waals surface area contributed by atoms with Gasteiger partial charge in [0.1, 0.15) is 39.0 Å². The van der Waals surface area contributed by atoms with Crippen molar-refractivity contribution in [2.75, 3.05) is 0 Å². The molecule has 0 amide bonds. The lowest BCUT2D eigenvalue weighted by molar-refractivity contribution is 0.0610. The van der Waals surface area contributed by atoms with Gasteiger partial charge in [-0.2, -0.15) is 0 Å². The first-order valence-corrected chi connectivity index (χ1v) is 8.77. The molecule has 1 heterocycles. The molecule has 3 atom stereocenters. The molecule has 0 fully saturated rings. The van der Waals surface area contributed by atoms with E-state index in [0.29, 0.717) is 13.0 Å². The zero-order valence-electron chi connectivity index (χ0n) is 13.1. The van der Waals surface area contributed by atoms with Gasteiger partial charge in [0.05, 0.1) is 10.5 Å². The smallest absolute Gasteiger partial charge is 0.267 e. The van der Waals surface area contributed by atoms with Crippen molar-refractivity contribution < 1.29 is 36.0 Å². The molecule has 0 aromatic heterocycles. The van der Waals surface area contributed by atoms with Crippen LogP contribution in [0.4, 0.5) is 22.0 Å². The van der Waals surface area contributed by atoms with E-state index in [-0.39, 0.29) is 0 Å². The van der Waals surface area contributed by atoms with Crippen LogP contribution in [0.2, 0.25) is 0 Å². The summed E-state index contributed by atoms with van der Waals surface area (Å²) in [5.41, 5.74) is -1.69. The number of ether oxygens (including phenoxy) is 1. The number of aliphatic hydroxyl groups is 1. The average Bonchev–Trinajstić information content (AvgIpc) is 2.64. The largest absolute Gasteiger partial charge is 0.457 e. The highest BCUT2D eigenvalue weighted by Gasteiger charge is 2.55. The van der Waals surface area contributed by atoms with E-state index in [1.807, 2.05) is 0 Å². The van der Waals surface area contributed by atoms with Crippen LogP contribution in [0.5, 0.6) is 11.5 Å². The van der Waals surface area contributed by atoms with Crippen LogP contribution in [-0.4, -0.2) is 14.3 Å². The Balaban J connectivity index is 2.20. The van der Waals surface area contributed by atoms with Gasteiger partial charge in [0.2, 0.25) is 5.00 Å². The van der Waals surface area contributed by atoms with Crippen molar-refractivity contribution in [2.45, 2.75) is 29.3 Å². The monoisotopic (exact) mass is 393 g/mol. The molecule has 26 heavy (non-hydrogen) atoms. The Morgan fingerprint density at radius 3 is 2.35 bits per heavy atom. The number of aliphatic hydroxyl groups excluding tert-OH is 1. The van der Waals surface area contributed by atoms with Crippen LogP contribution in [0.25, 0.3) is 0 Å². The number of hydrogen-bond donors (Lipinski definition) is 2. The van der Waals surface area contributed by atoms with E-state index in [0.717, 1.165) is 24.3 Å². The summed E-state index contributed by atoms with van der Waals surface area (Å²) in [6.07, 6.45) is -5.54. The molecule has 2 N–H and O–H groups in total. The molecule has 4 nitrogen and oxygen atoms in total. The van der Waals surface area contributed by atoms with E-state index in [2.05, 4.69) is 0 Å². The lowest BCUT2D eigenvalue weighted by Crippen LogP contribution is -2.29. The van der Waals surface area contributed by atoms with Crippen LogP contribution >= 0.6 is 0 Å². The fourth-order valence-corrected chi connectivity index (χ4v) is 4.44. The Bertz CT molecular complexity index is 971. The Morgan fingerprint density at radius 2 is 1.81 bits per heavy atom. The SMILES string of the molecule is CC1(F)C(O)c2c(ccc(Oc3cc(F)cc(F)c3)c2C(F)F)S1(=N)=O. The first kappa shape index (κ1) is 18.6. The predicted octanol–water partition coefficient (Wildman–Crippen LogP) is 4.83. The minimum Gasteiger partial charge on any atom is -0.457 e. The number of halogens is 5. The van der Waals surface area contributed by atoms with E-state index in [9.17, 15) is 31.3 Å². The molecule has 1 aliphatic rings. The normalized spacial score (nSPS) is 27.6. The molecule has 0 spiro atoms. The van der Waals surface area contributed by atoms with Crippen molar-refractivity contribution in [3.8, 4) is 11.5 Å². The number of benzene rings is 2. The molecule has 0 aliphatic carbocycles. The Labute approximate surface area is 145 Å². The van der Waals surface area contributed by atoms with Gasteiger partial charge in [0.15, 0.2) is 0 Å². The van der Waals surface area contributed by atoms with Crippen molar-refractivity contribution in [2.24, 2.45) is 0 Å². The second-order valence-corrected chi connectivity index (χ2v) is 8.19. The molecule has 3 rings (SSSR count). The Kier molecular flexibility index (Phi) is 4.23. The quantitative estimate of drug-likeness (QED) is 0.734. The van der Waals surface area contributed by atoms with E-state index in [4.69, 9.17) is 9.52 Å².